The Morgan fingerprint density at radius 2 is 2.16 bits per heavy atom. The Labute approximate surface area is 155 Å². The van der Waals surface area contributed by atoms with Gasteiger partial charge in [0.25, 0.3) is 0 Å². The Kier molecular flexibility index (Phi) is 4.68. The molecule has 0 radical (unpaired) electrons. The Hall–Kier alpha value is -1.98. The Morgan fingerprint density at radius 3 is 3.00 bits per heavy atom. The van der Waals surface area contributed by atoms with Gasteiger partial charge in [-0.15, -0.1) is 22.7 Å². The maximum Gasteiger partial charge on any atom is 0.348 e. The van der Waals surface area contributed by atoms with Crippen LogP contribution in [0.5, 0.6) is 0 Å². The normalized spacial score (nSPS) is 16.4. The van der Waals surface area contributed by atoms with Gasteiger partial charge in [0, 0.05) is 15.8 Å². The Morgan fingerprint density at radius 1 is 1.32 bits per heavy atom. The maximum atomic E-state index is 12.4. The van der Waals surface area contributed by atoms with Crippen LogP contribution in [0.3, 0.4) is 0 Å². The minimum absolute atomic E-state index is 0.223. The second kappa shape index (κ2) is 7.10. The van der Waals surface area contributed by atoms with Crippen molar-refractivity contribution in [1.82, 2.24) is 4.98 Å². The molecule has 0 saturated carbocycles. The zero-order valence-corrected chi connectivity index (χ0v) is 15.7. The molecule has 5 heteroatoms. The third-order valence-electron chi connectivity index (χ3n) is 4.45. The third-order valence-corrected chi connectivity index (χ3v) is 6.61. The predicted molar refractivity (Wildman–Crippen MR) is 102 cm³/mol. The topological polar surface area (TPSA) is 39.2 Å². The van der Waals surface area contributed by atoms with E-state index in [9.17, 15) is 4.79 Å². The van der Waals surface area contributed by atoms with Gasteiger partial charge in [-0.25, -0.2) is 9.78 Å². The molecule has 0 saturated heterocycles. The van der Waals surface area contributed by atoms with E-state index < -0.39 is 0 Å². The van der Waals surface area contributed by atoms with E-state index in [0.29, 0.717) is 5.92 Å². The number of ether oxygens (including phenoxy) is 1. The van der Waals surface area contributed by atoms with Crippen LogP contribution >= 0.6 is 22.7 Å². The van der Waals surface area contributed by atoms with Crippen molar-refractivity contribution in [2.24, 2.45) is 5.92 Å². The number of fused-ring (bicyclic) bond motifs is 1. The number of rotatable bonds is 4. The molecule has 128 valence electrons. The zero-order valence-electron chi connectivity index (χ0n) is 14.0. The number of carbonyl (C=O) groups is 1. The van der Waals surface area contributed by atoms with E-state index in [1.165, 1.54) is 16.9 Å². The highest BCUT2D eigenvalue weighted by Gasteiger charge is 2.21. The highest BCUT2D eigenvalue weighted by atomic mass is 32.1. The van der Waals surface area contributed by atoms with Crippen molar-refractivity contribution in [3.05, 3.63) is 62.8 Å². The molecule has 1 atom stereocenters. The summed E-state index contributed by atoms with van der Waals surface area (Å²) >= 11 is 3.16. The maximum absolute atomic E-state index is 12.4. The number of esters is 1. The summed E-state index contributed by atoms with van der Waals surface area (Å²) < 4.78 is 5.48. The van der Waals surface area contributed by atoms with Crippen molar-refractivity contribution in [2.45, 2.75) is 32.8 Å². The quantitative estimate of drug-likeness (QED) is 0.582. The molecule has 25 heavy (non-hydrogen) atoms. The standard InChI is InChI=1S/C20H19NO2S2/c1-13-7-8-17-15(9-13)10-18(25-17)20(22)23-11-16-12-24-19(21-16)14-5-3-2-4-6-14/h2-6,10,12-13H,7-9,11H2,1H3/t13-/m1/s1. The fourth-order valence-electron chi connectivity index (χ4n) is 3.10. The molecule has 0 aliphatic heterocycles. The van der Waals surface area contributed by atoms with E-state index in [1.807, 2.05) is 41.8 Å². The van der Waals surface area contributed by atoms with Crippen LogP contribution in [0.2, 0.25) is 0 Å². The molecular weight excluding hydrogens is 350 g/mol. The molecule has 2 heterocycles. The summed E-state index contributed by atoms with van der Waals surface area (Å²) in [6.45, 7) is 2.49. The number of thiophene rings is 1. The van der Waals surface area contributed by atoms with Crippen LogP contribution in [0.15, 0.2) is 41.8 Å². The van der Waals surface area contributed by atoms with E-state index in [2.05, 4.69) is 11.9 Å². The summed E-state index contributed by atoms with van der Waals surface area (Å²) in [5, 5.41) is 2.91. The Balaban J connectivity index is 1.40. The number of thiazole rings is 1. The molecule has 0 N–H and O–H groups in total. The minimum Gasteiger partial charge on any atom is -0.455 e. The summed E-state index contributed by atoms with van der Waals surface area (Å²) in [6.07, 6.45) is 3.37. The van der Waals surface area contributed by atoms with Gasteiger partial charge in [0.15, 0.2) is 0 Å². The van der Waals surface area contributed by atoms with Crippen LogP contribution in [0, 0.1) is 5.92 Å². The number of carbonyl (C=O) groups excluding carboxylic acids is 1. The van der Waals surface area contributed by atoms with Gasteiger partial charge < -0.3 is 4.74 Å². The van der Waals surface area contributed by atoms with Crippen LogP contribution in [0.4, 0.5) is 0 Å². The van der Waals surface area contributed by atoms with Gasteiger partial charge in [0.05, 0.1) is 5.69 Å². The first-order valence-electron chi connectivity index (χ1n) is 8.47. The monoisotopic (exact) mass is 369 g/mol. The Bertz CT molecular complexity index is 882. The predicted octanol–water partition coefficient (Wildman–Crippen LogP) is 5.35. The molecule has 4 rings (SSSR count). The van der Waals surface area contributed by atoms with Crippen LogP contribution in [0.1, 0.15) is 39.2 Å². The van der Waals surface area contributed by atoms with E-state index in [-0.39, 0.29) is 12.6 Å². The lowest BCUT2D eigenvalue weighted by Crippen LogP contribution is -2.08. The summed E-state index contributed by atoms with van der Waals surface area (Å²) in [7, 11) is 0. The van der Waals surface area contributed by atoms with E-state index in [1.54, 1.807) is 22.7 Å². The SMILES string of the molecule is C[C@@H]1CCc2sc(C(=O)OCc3csc(-c4ccccc4)n3)cc2C1. The number of benzene rings is 1. The van der Waals surface area contributed by atoms with Crippen molar-refractivity contribution in [1.29, 1.82) is 0 Å². The van der Waals surface area contributed by atoms with Crippen LogP contribution in [0.25, 0.3) is 10.6 Å². The summed E-state index contributed by atoms with van der Waals surface area (Å²) in [6, 6.07) is 12.1. The minimum atomic E-state index is -0.235. The first-order valence-corrected chi connectivity index (χ1v) is 10.2. The fourth-order valence-corrected chi connectivity index (χ4v) is 5.02. The van der Waals surface area contributed by atoms with E-state index >= 15 is 0 Å². The van der Waals surface area contributed by atoms with Crippen LogP contribution in [-0.2, 0) is 24.2 Å². The molecule has 1 aliphatic carbocycles. The van der Waals surface area contributed by atoms with Gasteiger partial charge in [-0.3, -0.25) is 0 Å². The number of hydrogen-bond acceptors (Lipinski definition) is 5. The van der Waals surface area contributed by atoms with Crippen LogP contribution < -0.4 is 0 Å². The summed E-state index contributed by atoms with van der Waals surface area (Å²) in [5.74, 6) is 0.471. The zero-order chi connectivity index (χ0) is 17.2. The molecule has 0 amide bonds. The number of nitrogens with zero attached hydrogens (tertiary/aromatic N) is 1. The average molecular weight is 370 g/mol. The van der Waals surface area contributed by atoms with Gasteiger partial charge in [-0.1, -0.05) is 37.3 Å². The van der Waals surface area contributed by atoms with Gasteiger partial charge in [0.1, 0.15) is 16.5 Å². The number of aryl methyl sites for hydroxylation is 1. The highest BCUT2D eigenvalue weighted by Crippen LogP contribution is 2.32. The van der Waals surface area contributed by atoms with Gasteiger partial charge in [0.2, 0.25) is 0 Å². The van der Waals surface area contributed by atoms with Crippen molar-refractivity contribution in [3.8, 4) is 10.6 Å². The van der Waals surface area contributed by atoms with Crippen molar-refractivity contribution >= 4 is 28.6 Å². The van der Waals surface area contributed by atoms with Crippen molar-refractivity contribution in [2.75, 3.05) is 0 Å². The fraction of sp³-hybridized carbons (Fsp3) is 0.300. The van der Waals surface area contributed by atoms with Gasteiger partial charge in [-0.05, 0) is 36.8 Å². The molecule has 0 spiro atoms. The molecule has 0 fully saturated rings. The van der Waals surface area contributed by atoms with Gasteiger partial charge >= 0.3 is 5.97 Å². The smallest absolute Gasteiger partial charge is 0.348 e. The lowest BCUT2D eigenvalue weighted by Gasteiger charge is -2.16. The molecule has 1 aromatic carbocycles. The lowest BCUT2D eigenvalue weighted by atomic mass is 9.90. The lowest BCUT2D eigenvalue weighted by molar-refractivity contribution is 0.0474. The van der Waals surface area contributed by atoms with Crippen LogP contribution in [-0.4, -0.2) is 11.0 Å². The summed E-state index contributed by atoms with van der Waals surface area (Å²) in [4.78, 5) is 19.0. The molecule has 3 nitrogen and oxygen atoms in total. The molecular formula is C20H19NO2S2. The molecule has 0 unspecified atom stereocenters. The van der Waals surface area contributed by atoms with E-state index in [4.69, 9.17) is 4.74 Å². The van der Waals surface area contributed by atoms with Gasteiger partial charge in [-0.2, -0.15) is 0 Å². The van der Waals surface area contributed by atoms with Crippen molar-refractivity contribution < 1.29 is 9.53 Å². The highest BCUT2D eigenvalue weighted by molar-refractivity contribution is 7.14. The second-order valence-electron chi connectivity index (χ2n) is 6.49. The molecule has 1 aliphatic rings. The number of hydrogen-bond donors (Lipinski definition) is 0. The molecule has 0 bridgehead atoms. The second-order valence-corrected chi connectivity index (χ2v) is 8.49. The first-order chi connectivity index (χ1) is 12.2. The van der Waals surface area contributed by atoms with E-state index in [0.717, 1.165) is 34.0 Å². The van der Waals surface area contributed by atoms with Crippen molar-refractivity contribution in [3.63, 3.8) is 0 Å². The summed E-state index contributed by atoms with van der Waals surface area (Å²) in [5.41, 5.74) is 3.22. The largest absolute Gasteiger partial charge is 0.455 e. The first kappa shape index (κ1) is 16.5. The molecule has 3 aromatic rings. The third kappa shape index (κ3) is 3.67. The molecule has 2 aromatic heterocycles. The number of aromatic nitrogens is 1. The average Bonchev–Trinajstić information content (AvgIpc) is 3.27.